The average Bonchev–Trinajstić information content (AvgIpc) is 2.47. The molecule has 1 aromatic carbocycles. The molecule has 0 saturated carbocycles. The third-order valence-electron chi connectivity index (χ3n) is 2.99. The van der Waals surface area contributed by atoms with E-state index >= 15 is 0 Å². The lowest BCUT2D eigenvalue weighted by Crippen LogP contribution is -1.90. The topological polar surface area (TPSA) is 22.1 Å². The first-order valence-corrected chi connectivity index (χ1v) is 6.62. The van der Waals surface area contributed by atoms with Crippen LogP contribution in [0.25, 0.3) is 16.7 Å². The number of hydrogen-bond donors (Lipinski definition) is 0. The zero-order valence-electron chi connectivity index (χ0n) is 11.6. The van der Waals surface area contributed by atoms with Crippen LogP contribution in [-0.4, -0.2) is 12.1 Å². The van der Waals surface area contributed by atoms with E-state index in [1.54, 1.807) is 13.3 Å². The van der Waals surface area contributed by atoms with Crippen molar-refractivity contribution in [3.05, 3.63) is 66.0 Å². The highest BCUT2D eigenvalue weighted by Crippen LogP contribution is 2.28. The number of pyridine rings is 1. The van der Waals surface area contributed by atoms with Gasteiger partial charge in [-0.2, -0.15) is 0 Å². The molecule has 0 spiro atoms. The molecule has 1 aromatic heterocycles. The van der Waals surface area contributed by atoms with E-state index in [-0.39, 0.29) is 0 Å². The highest BCUT2D eigenvalue weighted by Gasteiger charge is 2.06. The van der Waals surface area contributed by atoms with E-state index in [0.29, 0.717) is 5.03 Å². The maximum atomic E-state index is 6.05. The van der Waals surface area contributed by atoms with Crippen molar-refractivity contribution in [3.8, 4) is 5.75 Å². The zero-order valence-corrected chi connectivity index (χ0v) is 12.3. The largest absolute Gasteiger partial charge is 0.497 e. The summed E-state index contributed by atoms with van der Waals surface area (Å²) in [6, 6.07) is 11.6. The third kappa shape index (κ3) is 3.28. The van der Waals surface area contributed by atoms with Gasteiger partial charge in [0.1, 0.15) is 5.75 Å². The fraction of sp³-hybridized carbons (Fsp3) is 0.118. The fourth-order valence-corrected chi connectivity index (χ4v) is 2.11. The Morgan fingerprint density at radius 1 is 1.30 bits per heavy atom. The van der Waals surface area contributed by atoms with Crippen molar-refractivity contribution >= 4 is 28.3 Å². The minimum Gasteiger partial charge on any atom is -0.497 e. The van der Waals surface area contributed by atoms with Gasteiger partial charge < -0.3 is 4.74 Å². The van der Waals surface area contributed by atoms with Crippen molar-refractivity contribution in [2.75, 3.05) is 7.11 Å². The van der Waals surface area contributed by atoms with Crippen LogP contribution in [-0.2, 0) is 0 Å². The average molecular weight is 286 g/mol. The van der Waals surface area contributed by atoms with Crippen molar-refractivity contribution < 1.29 is 4.74 Å². The predicted molar refractivity (Wildman–Crippen MR) is 85.7 cm³/mol. The summed E-state index contributed by atoms with van der Waals surface area (Å²) in [6.07, 6.45) is 3.81. The van der Waals surface area contributed by atoms with Gasteiger partial charge in [0, 0.05) is 11.2 Å². The van der Waals surface area contributed by atoms with Gasteiger partial charge in [0.25, 0.3) is 0 Å². The van der Waals surface area contributed by atoms with Crippen molar-refractivity contribution in [2.24, 2.45) is 0 Å². The minimum absolute atomic E-state index is 0.507. The molecule has 102 valence electrons. The Balaban J connectivity index is 2.48. The number of allylic oxidation sites excluding steroid dienone is 1. The van der Waals surface area contributed by atoms with Crippen LogP contribution < -0.4 is 4.74 Å². The van der Waals surface area contributed by atoms with Crippen LogP contribution in [0.4, 0.5) is 0 Å². The zero-order chi connectivity index (χ0) is 14.5. The van der Waals surface area contributed by atoms with Crippen LogP contribution in [0.5, 0.6) is 5.75 Å². The third-order valence-corrected chi connectivity index (χ3v) is 3.20. The molecule has 0 atom stereocenters. The Kier molecular flexibility index (Phi) is 4.59. The summed E-state index contributed by atoms with van der Waals surface area (Å²) in [7, 11) is 1.64. The van der Waals surface area contributed by atoms with Gasteiger partial charge in [0.2, 0.25) is 0 Å². The highest BCUT2D eigenvalue weighted by atomic mass is 35.5. The summed E-state index contributed by atoms with van der Waals surface area (Å²) in [5, 5.41) is 0.507. The molecule has 0 bridgehead atoms. The van der Waals surface area contributed by atoms with Gasteiger partial charge in [-0.1, -0.05) is 24.2 Å². The molecule has 0 radical (unpaired) electrons. The highest BCUT2D eigenvalue weighted by molar-refractivity contribution is 6.48. The predicted octanol–water partition coefficient (Wildman–Crippen LogP) is 4.86. The van der Waals surface area contributed by atoms with Crippen molar-refractivity contribution in [1.29, 1.82) is 0 Å². The second kappa shape index (κ2) is 6.40. The summed E-state index contributed by atoms with van der Waals surface area (Å²) in [5.41, 5.74) is 3.84. The molecule has 0 aliphatic heterocycles. The summed E-state index contributed by atoms with van der Waals surface area (Å²) in [5.74, 6) is 0.784. The molecule has 0 aliphatic carbocycles. The Labute approximate surface area is 124 Å². The van der Waals surface area contributed by atoms with E-state index < -0.39 is 0 Å². The Hall–Kier alpha value is -2.06. The van der Waals surface area contributed by atoms with Crippen LogP contribution in [0.2, 0.25) is 0 Å². The molecule has 0 unspecified atom stereocenters. The first-order valence-electron chi connectivity index (χ1n) is 6.24. The number of methoxy groups -OCH3 is 1. The summed E-state index contributed by atoms with van der Waals surface area (Å²) in [4.78, 5) is 4.34. The molecule has 0 fully saturated rings. The van der Waals surface area contributed by atoms with E-state index in [0.717, 1.165) is 28.1 Å². The Morgan fingerprint density at radius 3 is 2.70 bits per heavy atom. The van der Waals surface area contributed by atoms with Gasteiger partial charge in [0.15, 0.2) is 0 Å². The van der Waals surface area contributed by atoms with Gasteiger partial charge in [0.05, 0.1) is 12.8 Å². The van der Waals surface area contributed by atoms with Crippen molar-refractivity contribution in [1.82, 2.24) is 4.98 Å². The molecule has 0 amide bonds. The smallest absolute Gasteiger partial charge is 0.119 e. The van der Waals surface area contributed by atoms with Gasteiger partial charge in [-0.3, -0.25) is 4.98 Å². The van der Waals surface area contributed by atoms with E-state index in [1.165, 1.54) is 0 Å². The standard InChI is InChI=1S/C17H16ClNO/c1-12(17-6-4-5-9-19-17)10-14-11-15(20-3)7-8-16(14)13(2)18/h4-11H,2H2,1,3H3/b12-10+. The summed E-state index contributed by atoms with van der Waals surface area (Å²) < 4.78 is 5.26. The minimum atomic E-state index is 0.507. The molecule has 2 aromatic rings. The Bertz CT molecular complexity index is 647. The number of aromatic nitrogens is 1. The SMILES string of the molecule is C=C(Cl)c1ccc(OC)cc1/C=C(\C)c1ccccn1. The molecular weight excluding hydrogens is 270 g/mol. The molecule has 1 heterocycles. The van der Waals surface area contributed by atoms with Gasteiger partial charge in [-0.15, -0.1) is 0 Å². The lowest BCUT2D eigenvalue weighted by atomic mass is 10.0. The maximum absolute atomic E-state index is 6.05. The number of ether oxygens (including phenoxy) is 1. The number of nitrogens with zero attached hydrogens (tertiary/aromatic N) is 1. The van der Waals surface area contributed by atoms with Crippen molar-refractivity contribution in [2.45, 2.75) is 6.92 Å². The normalized spacial score (nSPS) is 11.2. The number of halogens is 1. The van der Waals surface area contributed by atoms with Gasteiger partial charge in [-0.25, -0.2) is 0 Å². The lowest BCUT2D eigenvalue weighted by Gasteiger charge is -2.08. The molecule has 3 heteroatoms. The Morgan fingerprint density at radius 2 is 2.10 bits per heavy atom. The second-order valence-electron chi connectivity index (χ2n) is 4.40. The van der Waals surface area contributed by atoms with E-state index in [1.807, 2.05) is 49.4 Å². The first-order chi connectivity index (χ1) is 9.61. The number of benzene rings is 1. The summed E-state index contributed by atoms with van der Waals surface area (Å²) >= 11 is 6.05. The fourth-order valence-electron chi connectivity index (χ4n) is 1.94. The van der Waals surface area contributed by atoms with Gasteiger partial charge >= 0.3 is 0 Å². The van der Waals surface area contributed by atoms with Crippen LogP contribution in [0.3, 0.4) is 0 Å². The lowest BCUT2D eigenvalue weighted by molar-refractivity contribution is 0.414. The van der Waals surface area contributed by atoms with Crippen LogP contribution in [0.1, 0.15) is 23.7 Å². The molecule has 20 heavy (non-hydrogen) atoms. The van der Waals surface area contributed by atoms with Crippen LogP contribution in [0, 0.1) is 0 Å². The van der Waals surface area contributed by atoms with E-state index in [9.17, 15) is 0 Å². The number of hydrogen-bond acceptors (Lipinski definition) is 2. The van der Waals surface area contributed by atoms with E-state index in [2.05, 4.69) is 11.6 Å². The molecular formula is C17H16ClNO. The molecule has 0 saturated heterocycles. The van der Waals surface area contributed by atoms with Crippen LogP contribution in [0.15, 0.2) is 49.2 Å². The van der Waals surface area contributed by atoms with Gasteiger partial charge in [-0.05, 0) is 60.0 Å². The molecule has 0 N–H and O–H groups in total. The summed E-state index contributed by atoms with van der Waals surface area (Å²) in [6.45, 7) is 5.82. The molecule has 2 nitrogen and oxygen atoms in total. The van der Waals surface area contributed by atoms with E-state index in [4.69, 9.17) is 16.3 Å². The maximum Gasteiger partial charge on any atom is 0.119 e. The van der Waals surface area contributed by atoms with Crippen LogP contribution >= 0.6 is 11.6 Å². The van der Waals surface area contributed by atoms with Crippen molar-refractivity contribution in [3.63, 3.8) is 0 Å². The quantitative estimate of drug-likeness (QED) is 0.800. The number of rotatable bonds is 4. The molecule has 0 aliphatic rings. The first kappa shape index (κ1) is 14.4. The molecule has 2 rings (SSSR count). The monoisotopic (exact) mass is 285 g/mol. The second-order valence-corrected chi connectivity index (χ2v) is 4.86.